The SMILES string of the molecule is CCOC(CCN(C)C)CNC(=NC)NCC(C)Oc1ccccc1F. The van der Waals surface area contributed by atoms with Crippen LogP contribution in [0.5, 0.6) is 5.75 Å². The van der Waals surface area contributed by atoms with Crippen LogP contribution in [-0.2, 0) is 4.74 Å². The van der Waals surface area contributed by atoms with Crippen molar-refractivity contribution in [1.29, 1.82) is 0 Å². The molecule has 0 aliphatic rings. The Hall–Kier alpha value is -1.86. The van der Waals surface area contributed by atoms with Crippen molar-refractivity contribution in [2.24, 2.45) is 4.99 Å². The Kier molecular flexibility index (Phi) is 10.7. The quantitative estimate of drug-likeness (QED) is 0.463. The van der Waals surface area contributed by atoms with Crippen LogP contribution in [0.25, 0.3) is 0 Å². The Morgan fingerprint density at radius 1 is 1.23 bits per heavy atom. The molecule has 7 heteroatoms. The molecule has 2 atom stereocenters. The van der Waals surface area contributed by atoms with Gasteiger partial charge in [-0.05, 0) is 46.5 Å². The van der Waals surface area contributed by atoms with Crippen molar-refractivity contribution in [3.63, 3.8) is 0 Å². The number of benzene rings is 1. The minimum Gasteiger partial charge on any atom is -0.486 e. The number of hydrogen-bond donors (Lipinski definition) is 2. The van der Waals surface area contributed by atoms with Gasteiger partial charge in [0, 0.05) is 26.7 Å². The fraction of sp³-hybridized carbons (Fsp3) is 0.632. The third-order valence-corrected chi connectivity index (χ3v) is 3.74. The third kappa shape index (κ3) is 9.01. The van der Waals surface area contributed by atoms with Crippen LogP contribution in [0.4, 0.5) is 4.39 Å². The molecule has 1 aromatic carbocycles. The van der Waals surface area contributed by atoms with Crippen molar-refractivity contribution >= 4 is 5.96 Å². The van der Waals surface area contributed by atoms with E-state index in [-0.39, 0.29) is 23.8 Å². The fourth-order valence-corrected chi connectivity index (χ4v) is 2.35. The average molecular weight is 368 g/mol. The van der Waals surface area contributed by atoms with Gasteiger partial charge in [0.15, 0.2) is 17.5 Å². The van der Waals surface area contributed by atoms with Gasteiger partial charge in [0.25, 0.3) is 0 Å². The summed E-state index contributed by atoms with van der Waals surface area (Å²) >= 11 is 0. The van der Waals surface area contributed by atoms with Crippen molar-refractivity contribution in [1.82, 2.24) is 15.5 Å². The van der Waals surface area contributed by atoms with Crippen LogP contribution in [-0.4, -0.2) is 70.5 Å². The Morgan fingerprint density at radius 2 is 1.92 bits per heavy atom. The zero-order valence-electron chi connectivity index (χ0n) is 16.6. The summed E-state index contributed by atoms with van der Waals surface area (Å²) in [6, 6.07) is 6.40. The van der Waals surface area contributed by atoms with Crippen molar-refractivity contribution in [3.8, 4) is 5.75 Å². The second kappa shape index (κ2) is 12.5. The van der Waals surface area contributed by atoms with E-state index in [9.17, 15) is 4.39 Å². The molecule has 0 heterocycles. The van der Waals surface area contributed by atoms with E-state index in [0.29, 0.717) is 25.7 Å². The first-order chi connectivity index (χ1) is 12.5. The molecule has 148 valence electrons. The molecular weight excluding hydrogens is 335 g/mol. The number of nitrogens with one attached hydrogen (secondary N) is 2. The smallest absolute Gasteiger partial charge is 0.191 e. The third-order valence-electron chi connectivity index (χ3n) is 3.74. The van der Waals surface area contributed by atoms with Crippen LogP contribution in [0.1, 0.15) is 20.3 Å². The second-order valence-corrected chi connectivity index (χ2v) is 6.36. The van der Waals surface area contributed by atoms with Crippen LogP contribution in [0, 0.1) is 5.82 Å². The number of hydrogen-bond acceptors (Lipinski definition) is 4. The number of ether oxygens (including phenoxy) is 2. The standard InChI is InChI=1S/C19H33FN4O2/c1-6-25-16(11-12-24(4)5)14-23-19(21-3)22-13-15(2)26-18-10-8-7-9-17(18)20/h7-10,15-16H,6,11-14H2,1-5H3,(H2,21,22,23). The summed E-state index contributed by atoms with van der Waals surface area (Å²) in [5, 5.41) is 6.47. The molecule has 0 saturated heterocycles. The molecule has 26 heavy (non-hydrogen) atoms. The van der Waals surface area contributed by atoms with Gasteiger partial charge in [-0.2, -0.15) is 0 Å². The van der Waals surface area contributed by atoms with E-state index in [4.69, 9.17) is 9.47 Å². The second-order valence-electron chi connectivity index (χ2n) is 6.36. The summed E-state index contributed by atoms with van der Waals surface area (Å²) in [5.41, 5.74) is 0. The highest BCUT2D eigenvalue weighted by Gasteiger charge is 2.12. The highest BCUT2D eigenvalue weighted by molar-refractivity contribution is 5.79. The molecule has 0 radical (unpaired) electrons. The number of para-hydroxylation sites is 1. The highest BCUT2D eigenvalue weighted by atomic mass is 19.1. The monoisotopic (exact) mass is 368 g/mol. The van der Waals surface area contributed by atoms with Crippen LogP contribution in [0.15, 0.2) is 29.3 Å². The van der Waals surface area contributed by atoms with Gasteiger partial charge in [-0.25, -0.2) is 4.39 Å². The van der Waals surface area contributed by atoms with Crippen molar-refractivity contribution in [2.75, 3.05) is 47.4 Å². The lowest BCUT2D eigenvalue weighted by atomic mass is 10.2. The molecule has 0 amide bonds. The van der Waals surface area contributed by atoms with E-state index in [1.807, 2.05) is 27.9 Å². The van der Waals surface area contributed by atoms with Crippen LogP contribution < -0.4 is 15.4 Å². The van der Waals surface area contributed by atoms with E-state index < -0.39 is 0 Å². The predicted octanol–water partition coefficient (Wildman–Crippen LogP) is 2.11. The fourth-order valence-electron chi connectivity index (χ4n) is 2.35. The number of halogens is 1. The molecule has 1 aromatic rings. The Balaban J connectivity index is 2.40. The van der Waals surface area contributed by atoms with E-state index in [0.717, 1.165) is 13.0 Å². The molecule has 0 bridgehead atoms. The van der Waals surface area contributed by atoms with Crippen molar-refractivity contribution in [2.45, 2.75) is 32.5 Å². The summed E-state index contributed by atoms with van der Waals surface area (Å²) in [4.78, 5) is 6.35. The zero-order chi connectivity index (χ0) is 19.4. The van der Waals surface area contributed by atoms with E-state index in [1.54, 1.807) is 25.2 Å². The average Bonchev–Trinajstić information content (AvgIpc) is 2.61. The van der Waals surface area contributed by atoms with Crippen LogP contribution in [0.3, 0.4) is 0 Å². The zero-order valence-corrected chi connectivity index (χ0v) is 16.6. The van der Waals surface area contributed by atoms with Gasteiger partial charge in [-0.3, -0.25) is 4.99 Å². The lowest BCUT2D eigenvalue weighted by Crippen LogP contribution is -2.45. The van der Waals surface area contributed by atoms with Gasteiger partial charge in [-0.1, -0.05) is 12.1 Å². The molecule has 6 nitrogen and oxygen atoms in total. The molecule has 2 unspecified atom stereocenters. The van der Waals surface area contributed by atoms with E-state index in [1.165, 1.54) is 6.07 Å². The topological polar surface area (TPSA) is 58.1 Å². The van der Waals surface area contributed by atoms with E-state index in [2.05, 4.69) is 20.5 Å². The molecule has 0 aliphatic carbocycles. The number of rotatable bonds is 11. The minimum absolute atomic E-state index is 0.119. The maximum Gasteiger partial charge on any atom is 0.191 e. The lowest BCUT2D eigenvalue weighted by molar-refractivity contribution is 0.0548. The molecule has 0 fully saturated rings. The summed E-state index contributed by atoms with van der Waals surface area (Å²) in [7, 11) is 5.81. The van der Waals surface area contributed by atoms with Crippen molar-refractivity contribution in [3.05, 3.63) is 30.1 Å². The summed E-state index contributed by atoms with van der Waals surface area (Å²) < 4.78 is 25.0. The predicted molar refractivity (Wildman–Crippen MR) is 104 cm³/mol. The van der Waals surface area contributed by atoms with Crippen LogP contribution in [0.2, 0.25) is 0 Å². The first-order valence-corrected chi connectivity index (χ1v) is 9.08. The number of aliphatic imine (C=N–C) groups is 1. The van der Waals surface area contributed by atoms with Gasteiger partial charge >= 0.3 is 0 Å². The minimum atomic E-state index is -0.359. The first-order valence-electron chi connectivity index (χ1n) is 9.08. The normalized spacial score (nSPS) is 14.2. The molecular formula is C19H33FN4O2. The molecule has 1 rings (SSSR count). The van der Waals surface area contributed by atoms with Gasteiger partial charge < -0.3 is 25.0 Å². The van der Waals surface area contributed by atoms with Gasteiger partial charge in [0.05, 0.1) is 12.6 Å². The van der Waals surface area contributed by atoms with Gasteiger partial charge in [-0.15, -0.1) is 0 Å². The van der Waals surface area contributed by atoms with Crippen molar-refractivity contribution < 1.29 is 13.9 Å². The Morgan fingerprint density at radius 3 is 2.54 bits per heavy atom. The molecule has 0 aromatic heterocycles. The molecule has 0 aliphatic heterocycles. The maximum absolute atomic E-state index is 13.6. The van der Waals surface area contributed by atoms with Gasteiger partial charge in [0.2, 0.25) is 0 Å². The van der Waals surface area contributed by atoms with Crippen LogP contribution >= 0.6 is 0 Å². The Bertz CT molecular complexity index is 540. The summed E-state index contributed by atoms with van der Waals surface area (Å²) in [6.07, 6.45) is 0.854. The highest BCUT2D eigenvalue weighted by Crippen LogP contribution is 2.16. The Labute approximate surface area is 156 Å². The molecule has 0 saturated carbocycles. The van der Waals surface area contributed by atoms with E-state index >= 15 is 0 Å². The number of guanidine groups is 1. The van der Waals surface area contributed by atoms with Gasteiger partial charge in [0.1, 0.15) is 6.10 Å². The molecule has 2 N–H and O–H groups in total. The first kappa shape index (κ1) is 22.2. The lowest BCUT2D eigenvalue weighted by Gasteiger charge is -2.22. The summed E-state index contributed by atoms with van der Waals surface area (Å²) in [5.74, 6) is 0.565. The summed E-state index contributed by atoms with van der Waals surface area (Å²) in [6.45, 7) is 6.70. The maximum atomic E-state index is 13.6. The molecule has 0 spiro atoms. The largest absolute Gasteiger partial charge is 0.486 e. The number of nitrogens with zero attached hydrogens (tertiary/aromatic N) is 2.